The van der Waals surface area contributed by atoms with Crippen LogP contribution >= 0.6 is 0 Å². The summed E-state index contributed by atoms with van der Waals surface area (Å²) in [6, 6.07) is 39.2. The van der Waals surface area contributed by atoms with Gasteiger partial charge in [0.05, 0.1) is 22.8 Å². The average molecular weight is 733 g/mol. The zero-order chi connectivity index (χ0) is 39.2. The number of aromatic amines is 2. The number of carbonyl (C=O) groups excluding carboxylic acids is 2. The highest BCUT2D eigenvalue weighted by atomic mass is 16.1. The molecule has 3 aromatic heterocycles. The molecule has 0 spiro atoms. The van der Waals surface area contributed by atoms with Crippen LogP contribution in [0.5, 0.6) is 0 Å². The number of Topliss-reactive ketones (excluding diaryl/α,β-unsaturated/α-hetero) is 1. The molecule has 0 aliphatic carbocycles. The smallest absolute Gasteiger partial charge is 0.169 e. The lowest BCUT2D eigenvalue weighted by atomic mass is 9.80. The molecule has 6 nitrogen and oxygen atoms in total. The number of hydrogen-bond acceptors (Lipinski definition) is 4. The third kappa shape index (κ3) is 6.90. The van der Waals surface area contributed by atoms with Gasteiger partial charge in [0.2, 0.25) is 0 Å². The van der Waals surface area contributed by atoms with Crippen molar-refractivity contribution in [2.45, 2.75) is 41.5 Å². The lowest BCUT2D eigenvalue weighted by molar-refractivity contribution is -0.122. The highest BCUT2D eigenvalue weighted by Gasteiger charge is 2.32. The number of nitrogens with one attached hydrogen (secondary N) is 2. The molecule has 6 aromatic rings. The van der Waals surface area contributed by atoms with Crippen LogP contribution < -0.4 is 0 Å². The van der Waals surface area contributed by atoms with Crippen LogP contribution in [-0.2, 0) is 9.59 Å². The van der Waals surface area contributed by atoms with Crippen molar-refractivity contribution < 1.29 is 9.59 Å². The molecule has 2 N–H and O–H groups in total. The molecule has 2 aliphatic rings. The van der Waals surface area contributed by atoms with Crippen LogP contribution in [0.15, 0.2) is 121 Å². The van der Waals surface area contributed by atoms with E-state index in [1.165, 1.54) is 6.08 Å². The van der Waals surface area contributed by atoms with Crippen molar-refractivity contribution in [3.8, 4) is 33.4 Å². The van der Waals surface area contributed by atoms with Gasteiger partial charge in [-0.3, -0.25) is 9.59 Å². The first-order valence-electron chi connectivity index (χ1n) is 19.0. The number of aromatic nitrogens is 4. The molecule has 0 saturated carbocycles. The van der Waals surface area contributed by atoms with Gasteiger partial charge in [0.15, 0.2) is 11.6 Å². The Labute approximate surface area is 327 Å². The summed E-state index contributed by atoms with van der Waals surface area (Å²) < 4.78 is 0. The molecule has 3 aromatic carbocycles. The number of allylic oxidation sites excluding steroid dienone is 2. The molecule has 0 amide bonds. The van der Waals surface area contributed by atoms with Crippen molar-refractivity contribution in [2.75, 3.05) is 0 Å². The van der Waals surface area contributed by atoms with Crippen LogP contribution in [0, 0.1) is 10.8 Å². The first-order chi connectivity index (χ1) is 26.9. The van der Waals surface area contributed by atoms with E-state index in [0.717, 1.165) is 66.8 Å². The van der Waals surface area contributed by atoms with Gasteiger partial charge < -0.3 is 9.97 Å². The SMILES string of the molecule is CC(C)(C)C(=O)/C=C(/C(=O)C(C)(C)C)c1c2nc(c(-c3ccccc3)c3ccc([nH]3)c(-c3ccccc3)c3ccc([nH]3)c(-c3ccccc3)c3nc1C=C3)C=C2. The van der Waals surface area contributed by atoms with Gasteiger partial charge in [-0.05, 0) is 71.3 Å². The van der Waals surface area contributed by atoms with E-state index in [1.54, 1.807) is 0 Å². The average Bonchev–Trinajstić information content (AvgIpc) is 4.02. The van der Waals surface area contributed by atoms with Gasteiger partial charge in [-0.2, -0.15) is 0 Å². The van der Waals surface area contributed by atoms with E-state index in [9.17, 15) is 9.59 Å². The van der Waals surface area contributed by atoms with Crippen LogP contribution in [0.3, 0.4) is 0 Å². The van der Waals surface area contributed by atoms with E-state index in [0.29, 0.717) is 22.5 Å². The van der Waals surface area contributed by atoms with Crippen molar-refractivity contribution >= 4 is 63.5 Å². The summed E-state index contributed by atoms with van der Waals surface area (Å²) in [5.74, 6) is -0.320. The quantitative estimate of drug-likeness (QED) is 0.167. The van der Waals surface area contributed by atoms with E-state index >= 15 is 0 Å². The number of nitrogens with zero attached hydrogens (tertiary/aromatic N) is 2. The van der Waals surface area contributed by atoms with E-state index in [1.807, 2.05) is 108 Å². The van der Waals surface area contributed by atoms with Gasteiger partial charge in [0.25, 0.3) is 0 Å². The molecule has 0 saturated heterocycles. The van der Waals surface area contributed by atoms with E-state index in [2.05, 4.69) is 82.8 Å². The van der Waals surface area contributed by atoms with Crippen LogP contribution in [0.4, 0.5) is 0 Å². The Bertz CT molecular complexity index is 2630. The largest absolute Gasteiger partial charge is 0.354 e. The summed E-state index contributed by atoms with van der Waals surface area (Å²) in [4.78, 5) is 46.6. The Morgan fingerprint density at radius 2 is 0.821 bits per heavy atom. The topological polar surface area (TPSA) is 91.5 Å². The normalized spacial score (nSPS) is 12.9. The molecule has 8 bridgehead atoms. The molecule has 276 valence electrons. The molecule has 0 radical (unpaired) electrons. The second kappa shape index (κ2) is 14.2. The summed E-state index contributed by atoms with van der Waals surface area (Å²) in [5.41, 5.74) is 11.4. The zero-order valence-corrected chi connectivity index (χ0v) is 32.6. The standard InChI is InChI=1S/C50H44N4O2/c1-49(2,3)43(55)30-34(48(56)50(4,5)6)47-41-28-26-39(53-41)45(32-18-12-8-13-19-32)37-24-22-35(51-37)44(31-16-10-7-11-17-31)36-23-25-38(52-36)46(33-20-14-9-15-21-33)40-27-29-42(47)54-40/h7-30,51-52H,1-6H3/b34-30+,44-35?,44-36?,45-37?,45-39?,46-38?,46-40?,47-41?,47-42?. The second-order valence-electron chi connectivity index (χ2n) is 16.4. The Balaban J connectivity index is 1.59. The number of ketones is 2. The summed E-state index contributed by atoms with van der Waals surface area (Å²) >= 11 is 0. The first kappa shape index (κ1) is 36.3. The number of fused-ring (bicyclic) bond motifs is 8. The lowest BCUT2D eigenvalue weighted by Gasteiger charge is -2.21. The number of benzene rings is 3. The summed E-state index contributed by atoms with van der Waals surface area (Å²) in [5, 5.41) is 0. The van der Waals surface area contributed by atoms with Crippen molar-refractivity contribution in [1.82, 2.24) is 19.9 Å². The Morgan fingerprint density at radius 1 is 0.464 bits per heavy atom. The van der Waals surface area contributed by atoms with Crippen LogP contribution in [-0.4, -0.2) is 31.5 Å². The van der Waals surface area contributed by atoms with Crippen LogP contribution in [0.1, 0.15) is 69.9 Å². The number of carbonyl (C=O) groups is 2. The van der Waals surface area contributed by atoms with Gasteiger partial charge in [-0.1, -0.05) is 133 Å². The maximum absolute atomic E-state index is 14.6. The van der Waals surface area contributed by atoms with Crippen molar-refractivity contribution in [1.29, 1.82) is 0 Å². The Morgan fingerprint density at radius 3 is 1.20 bits per heavy atom. The van der Waals surface area contributed by atoms with Gasteiger partial charge in [-0.25, -0.2) is 9.97 Å². The van der Waals surface area contributed by atoms with Gasteiger partial charge >= 0.3 is 0 Å². The minimum absolute atomic E-state index is 0.153. The number of hydrogen-bond donors (Lipinski definition) is 2. The van der Waals surface area contributed by atoms with Crippen molar-refractivity contribution in [3.05, 3.63) is 150 Å². The molecule has 5 heterocycles. The minimum Gasteiger partial charge on any atom is -0.354 e. The molecule has 0 unspecified atom stereocenters. The molecular weight excluding hydrogens is 689 g/mol. The number of rotatable bonds is 6. The fourth-order valence-corrected chi connectivity index (χ4v) is 7.22. The van der Waals surface area contributed by atoms with Gasteiger partial charge in [-0.15, -0.1) is 0 Å². The van der Waals surface area contributed by atoms with E-state index in [4.69, 9.17) is 9.97 Å². The molecule has 2 aliphatic heterocycles. The molecular formula is C50H44N4O2. The summed E-state index contributed by atoms with van der Waals surface area (Å²) in [6.07, 6.45) is 9.38. The van der Waals surface area contributed by atoms with Gasteiger partial charge in [0, 0.05) is 60.7 Å². The summed E-state index contributed by atoms with van der Waals surface area (Å²) in [6.45, 7) is 11.2. The van der Waals surface area contributed by atoms with Gasteiger partial charge in [0.1, 0.15) is 0 Å². The first-order valence-corrected chi connectivity index (χ1v) is 19.0. The highest BCUT2D eigenvalue weighted by molar-refractivity contribution is 6.28. The lowest BCUT2D eigenvalue weighted by Crippen LogP contribution is -2.25. The fourth-order valence-electron chi connectivity index (χ4n) is 7.22. The maximum Gasteiger partial charge on any atom is 0.169 e. The Hall–Kier alpha value is -6.66. The zero-order valence-electron chi connectivity index (χ0n) is 32.6. The minimum atomic E-state index is -0.798. The van der Waals surface area contributed by atoms with E-state index < -0.39 is 10.8 Å². The van der Waals surface area contributed by atoms with Crippen LogP contribution in [0.25, 0.3) is 85.3 Å². The molecule has 56 heavy (non-hydrogen) atoms. The predicted molar refractivity (Wildman–Crippen MR) is 232 cm³/mol. The third-order valence-corrected chi connectivity index (χ3v) is 10.2. The van der Waals surface area contributed by atoms with Crippen LogP contribution in [0.2, 0.25) is 0 Å². The van der Waals surface area contributed by atoms with E-state index in [-0.39, 0.29) is 11.6 Å². The maximum atomic E-state index is 14.6. The monoisotopic (exact) mass is 732 g/mol. The second-order valence-corrected chi connectivity index (χ2v) is 16.4. The molecule has 0 atom stereocenters. The molecule has 0 fully saturated rings. The Kier molecular flexibility index (Phi) is 9.21. The fraction of sp³-hybridized carbons (Fsp3) is 0.160. The number of H-pyrrole nitrogens is 2. The predicted octanol–water partition coefficient (Wildman–Crippen LogP) is 12.3. The molecule has 8 rings (SSSR count). The third-order valence-electron chi connectivity index (χ3n) is 10.2. The highest BCUT2D eigenvalue weighted by Crippen LogP contribution is 2.39. The molecule has 6 heteroatoms. The van der Waals surface area contributed by atoms with Crippen molar-refractivity contribution in [3.63, 3.8) is 0 Å². The van der Waals surface area contributed by atoms with Crippen molar-refractivity contribution in [2.24, 2.45) is 10.8 Å². The summed E-state index contributed by atoms with van der Waals surface area (Å²) in [7, 11) is 0.